The van der Waals surface area contributed by atoms with Gasteiger partial charge >= 0.3 is 0 Å². The highest BCUT2D eigenvalue weighted by molar-refractivity contribution is 5.83. The number of nitriles is 1. The van der Waals surface area contributed by atoms with E-state index in [9.17, 15) is 10.2 Å². The fourth-order valence-corrected chi connectivity index (χ4v) is 1.64. The van der Waals surface area contributed by atoms with Gasteiger partial charge in [-0.05, 0) is 22.4 Å². The number of benzene rings is 2. The van der Waals surface area contributed by atoms with Gasteiger partial charge in [-0.15, -0.1) is 0 Å². The largest absolute Gasteiger partial charge is 0.385 e. The van der Waals surface area contributed by atoms with Gasteiger partial charge in [0.15, 0.2) is 6.10 Å². The normalized spacial score (nSPS) is 14.3. The average Bonchev–Trinajstić information content (AvgIpc) is 2.36. The summed E-state index contributed by atoms with van der Waals surface area (Å²) < 4.78 is 0. The minimum Gasteiger partial charge on any atom is -0.385 e. The van der Waals surface area contributed by atoms with Gasteiger partial charge in [0, 0.05) is 0 Å². The summed E-state index contributed by atoms with van der Waals surface area (Å²) in [5.74, 6) is 0. The van der Waals surface area contributed by atoms with Crippen LogP contribution in [0.4, 0.5) is 0 Å². The van der Waals surface area contributed by atoms with Crippen molar-refractivity contribution < 1.29 is 10.2 Å². The van der Waals surface area contributed by atoms with Crippen molar-refractivity contribution in [2.75, 3.05) is 0 Å². The van der Waals surface area contributed by atoms with Crippen molar-refractivity contribution in [2.45, 2.75) is 12.2 Å². The molecule has 0 radical (unpaired) electrons. The molecule has 2 N–H and O–H groups in total. The number of hydrogen-bond acceptors (Lipinski definition) is 3. The smallest absolute Gasteiger partial charge is 0.170 e. The highest BCUT2D eigenvalue weighted by atomic mass is 16.3. The number of rotatable bonds is 2. The number of hydrogen-bond donors (Lipinski definition) is 2. The summed E-state index contributed by atoms with van der Waals surface area (Å²) in [6, 6.07) is 14.7. The second kappa shape index (κ2) is 4.31. The predicted molar refractivity (Wildman–Crippen MR) is 60.5 cm³/mol. The van der Waals surface area contributed by atoms with E-state index in [1.165, 1.54) is 0 Å². The van der Waals surface area contributed by atoms with E-state index in [2.05, 4.69) is 0 Å². The third kappa shape index (κ3) is 1.89. The maximum absolute atomic E-state index is 9.68. The van der Waals surface area contributed by atoms with E-state index in [0.29, 0.717) is 5.56 Å². The number of fused-ring (bicyclic) bond motifs is 1. The Kier molecular flexibility index (Phi) is 2.86. The van der Waals surface area contributed by atoms with Gasteiger partial charge < -0.3 is 10.2 Å². The standard InChI is InChI=1S/C13H11NO2/c14-8-12(15)13(16)11-6-5-9-3-1-2-4-10(9)7-11/h1-7,12-13,15-16H. The summed E-state index contributed by atoms with van der Waals surface area (Å²) in [6.45, 7) is 0. The Labute approximate surface area is 93.2 Å². The Hall–Kier alpha value is -1.89. The van der Waals surface area contributed by atoms with E-state index in [1.807, 2.05) is 30.3 Å². The molecule has 0 aliphatic carbocycles. The first-order valence-electron chi connectivity index (χ1n) is 4.97. The van der Waals surface area contributed by atoms with E-state index in [-0.39, 0.29) is 0 Å². The Morgan fingerprint density at radius 3 is 2.38 bits per heavy atom. The summed E-state index contributed by atoms with van der Waals surface area (Å²) in [6.07, 6.45) is -2.55. The van der Waals surface area contributed by atoms with Gasteiger partial charge in [0.2, 0.25) is 0 Å². The fourth-order valence-electron chi connectivity index (χ4n) is 1.64. The zero-order valence-electron chi connectivity index (χ0n) is 8.54. The van der Waals surface area contributed by atoms with Crippen LogP contribution in [-0.4, -0.2) is 16.3 Å². The Morgan fingerprint density at radius 2 is 1.69 bits per heavy atom. The molecule has 0 aromatic heterocycles. The van der Waals surface area contributed by atoms with Crippen LogP contribution in [0.5, 0.6) is 0 Å². The molecule has 0 heterocycles. The summed E-state index contributed by atoms with van der Waals surface area (Å²) in [5, 5.41) is 29.5. The van der Waals surface area contributed by atoms with Crippen LogP contribution >= 0.6 is 0 Å². The van der Waals surface area contributed by atoms with Gasteiger partial charge in [0.05, 0.1) is 6.07 Å². The van der Waals surface area contributed by atoms with E-state index in [0.717, 1.165) is 10.8 Å². The zero-order valence-corrected chi connectivity index (χ0v) is 8.54. The van der Waals surface area contributed by atoms with Crippen molar-refractivity contribution >= 4 is 10.8 Å². The molecule has 2 unspecified atom stereocenters. The molecule has 2 aromatic rings. The van der Waals surface area contributed by atoms with Crippen LogP contribution < -0.4 is 0 Å². The lowest BCUT2D eigenvalue weighted by Crippen LogP contribution is -2.15. The molecule has 0 aliphatic rings. The molecule has 0 saturated heterocycles. The molecule has 0 saturated carbocycles. The lowest BCUT2D eigenvalue weighted by molar-refractivity contribution is 0.0529. The van der Waals surface area contributed by atoms with Crippen LogP contribution in [0, 0.1) is 11.3 Å². The summed E-state index contributed by atoms with van der Waals surface area (Å²) in [7, 11) is 0. The topological polar surface area (TPSA) is 64.2 Å². The minimum atomic E-state index is -1.39. The molecule has 0 spiro atoms. The van der Waals surface area contributed by atoms with E-state index >= 15 is 0 Å². The maximum Gasteiger partial charge on any atom is 0.170 e. The molecule has 2 atom stereocenters. The zero-order chi connectivity index (χ0) is 11.5. The van der Waals surface area contributed by atoms with Crippen LogP contribution in [0.25, 0.3) is 10.8 Å². The molecule has 3 heteroatoms. The second-order valence-corrected chi connectivity index (χ2v) is 3.63. The van der Waals surface area contributed by atoms with Gasteiger partial charge in [-0.2, -0.15) is 5.26 Å². The van der Waals surface area contributed by atoms with Gasteiger partial charge in [-0.3, -0.25) is 0 Å². The summed E-state index contributed by atoms with van der Waals surface area (Å²) >= 11 is 0. The van der Waals surface area contributed by atoms with Crippen LogP contribution in [0.2, 0.25) is 0 Å². The third-order valence-corrected chi connectivity index (χ3v) is 2.55. The van der Waals surface area contributed by atoms with Crippen LogP contribution in [0.3, 0.4) is 0 Å². The first-order valence-corrected chi connectivity index (χ1v) is 4.97. The number of nitrogens with zero attached hydrogens (tertiary/aromatic N) is 1. The van der Waals surface area contributed by atoms with Crippen LogP contribution in [0.1, 0.15) is 11.7 Å². The SMILES string of the molecule is N#CC(O)C(O)c1ccc2ccccc2c1. The predicted octanol–water partition coefficient (Wildman–Crippen LogP) is 1.76. The third-order valence-electron chi connectivity index (χ3n) is 2.55. The molecule has 80 valence electrons. The van der Waals surface area contributed by atoms with Crippen molar-refractivity contribution in [3.8, 4) is 6.07 Å². The van der Waals surface area contributed by atoms with E-state index in [4.69, 9.17) is 5.26 Å². The Balaban J connectivity index is 2.44. The van der Waals surface area contributed by atoms with Gasteiger partial charge in [0.25, 0.3) is 0 Å². The van der Waals surface area contributed by atoms with Crippen molar-refractivity contribution in [1.29, 1.82) is 5.26 Å². The Bertz CT molecular complexity index is 545. The van der Waals surface area contributed by atoms with Gasteiger partial charge in [0.1, 0.15) is 6.10 Å². The summed E-state index contributed by atoms with van der Waals surface area (Å²) in [4.78, 5) is 0. The van der Waals surface area contributed by atoms with E-state index in [1.54, 1.807) is 18.2 Å². The monoisotopic (exact) mass is 213 g/mol. The first-order chi connectivity index (χ1) is 7.72. The molecular weight excluding hydrogens is 202 g/mol. The number of aliphatic hydroxyl groups excluding tert-OH is 2. The fraction of sp³-hybridized carbons (Fsp3) is 0.154. The highest BCUT2D eigenvalue weighted by Crippen LogP contribution is 2.22. The average molecular weight is 213 g/mol. The van der Waals surface area contributed by atoms with Crippen LogP contribution in [-0.2, 0) is 0 Å². The van der Waals surface area contributed by atoms with Gasteiger partial charge in [-0.1, -0.05) is 36.4 Å². The molecule has 16 heavy (non-hydrogen) atoms. The number of aliphatic hydroxyl groups is 2. The molecule has 0 aliphatic heterocycles. The molecule has 0 bridgehead atoms. The van der Waals surface area contributed by atoms with Crippen LogP contribution in [0.15, 0.2) is 42.5 Å². The Morgan fingerprint density at radius 1 is 1.00 bits per heavy atom. The first kappa shape index (κ1) is 10.6. The highest BCUT2D eigenvalue weighted by Gasteiger charge is 2.17. The second-order valence-electron chi connectivity index (χ2n) is 3.63. The van der Waals surface area contributed by atoms with Crippen molar-refractivity contribution in [2.24, 2.45) is 0 Å². The maximum atomic E-state index is 9.68. The molecule has 3 nitrogen and oxygen atoms in total. The lowest BCUT2D eigenvalue weighted by Gasteiger charge is -2.12. The lowest BCUT2D eigenvalue weighted by atomic mass is 10.0. The molecule has 2 rings (SSSR count). The molecule has 0 amide bonds. The van der Waals surface area contributed by atoms with Gasteiger partial charge in [-0.25, -0.2) is 0 Å². The van der Waals surface area contributed by atoms with Crippen molar-refractivity contribution in [3.63, 3.8) is 0 Å². The molecular formula is C13H11NO2. The molecule has 0 fully saturated rings. The quantitative estimate of drug-likeness (QED) is 0.747. The van der Waals surface area contributed by atoms with E-state index < -0.39 is 12.2 Å². The molecule has 2 aromatic carbocycles. The van der Waals surface area contributed by atoms with Crippen molar-refractivity contribution in [1.82, 2.24) is 0 Å². The van der Waals surface area contributed by atoms with Crippen molar-refractivity contribution in [3.05, 3.63) is 48.0 Å². The minimum absolute atomic E-state index is 0.549. The summed E-state index contributed by atoms with van der Waals surface area (Å²) in [5.41, 5.74) is 0.549.